The summed E-state index contributed by atoms with van der Waals surface area (Å²) in [5.74, 6) is -0.557. The lowest BCUT2D eigenvalue weighted by Gasteiger charge is -2.39. The average molecular weight is 253 g/mol. The van der Waals surface area contributed by atoms with E-state index in [1.54, 1.807) is 11.8 Å². The first-order valence-corrected chi connectivity index (χ1v) is 6.95. The summed E-state index contributed by atoms with van der Waals surface area (Å²) < 4.78 is 11.4. The number of hydrogen-bond acceptors (Lipinski definition) is 4. The molecule has 2 N–H and O–H groups in total. The molecular weight excluding hydrogens is 234 g/mol. The Labute approximate surface area is 107 Å². The van der Waals surface area contributed by atoms with Crippen LogP contribution in [0.25, 0.3) is 0 Å². The van der Waals surface area contributed by atoms with Gasteiger partial charge in [-0.05, 0) is 37.8 Å². The molecule has 0 spiro atoms. The van der Waals surface area contributed by atoms with Crippen molar-refractivity contribution in [3.8, 4) is 0 Å². The molecule has 0 bridgehead atoms. The standard InChI is InChI=1S/C13H19NO2S/c1-13(2)15-8-11(14)12(16-13)9-4-6-10(17-3)7-5-9/h4-7,11-12H,8,14H2,1-3H3/t11-,12-/m0/s1. The lowest BCUT2D eigenvalue weighted by Crippen LogP contribution is -2.48. The Balaban J connectivity index is 2.18. The van der Waals surface area contributed by atoms with Gasteiger partial charge in [-0.2, -0.15) is 0 Å². The van der Waals surface area contributed by atoms with Crippen LogP contribution in [0.1, 0.15) is 25.5 Å². The highest BCUT2D eigenvalue weighted by molar-refractivity contribution is 7.98. The summed E-state index contributed by atoms with van der Waals surface area (Å²) in [6.45, 7) is 4.37. The lowest BCUT2D eigenvalue weighted by atomic mass is 10.0. The third-order valence-electron chi connectivity index (χ3n) is 2.87. The predicted octanol–water partition coefficient (Wildman–Crippen LogP) is 2.56. The van der Waals surface area contributed by atoms with Crippen LogP contribution in [0.15, 0.2) is 29.2 Å². The summed E-state index contributed by atoms with van der Waals surface area (Å²) >= 11 is 1.73. The van der Waals surface area contributed by atoms with Crippen molar-refractivity contribution in [3.05, 3.63) is 29.8 Å². The van der Waals surface area contributed by atoms with Gasteiger partial charge in [0.1, 0.15) is 6.10 Å². The fraction of sp³-hybridized carbons (Fsp3) is 0.538. The van der Waals surface area contributed by atoms with Gasteiger partial charge in [-0.15, -0.1) is 11.8 Å². The zero-order valence-corrected chi connectivity index (χ0v) is 11.3. The minimum Gasteiger partial charge on any atom is -0.349 e. The zero-order chi connectivity index (χ0) is 12.5. The highest BCUT2D eigenvalue weighted by atomic mass is 32.2. The van der Waals surface area contributed by atoms with Crippen LogP contribution >= 0.6 is 11.8 Å². The summed E-state index contributed by atoms with van der Waals surface area (Å²) in [5, 5.41) is 0. The Bertz CT molecular complexity index is 378. The molecule has 1 aliphatic heterocycles. The van der Waals surface area contributed by atoms with E-state index in [-0.39, 0.29) is 12.1 Å². The summed E-state index contributed by atoms with van der Waals surface area (Å²) in [6, 6.07) is 8.25. The maximum absolute atomic E-state index is 6.05. The summed E-state index contributed by atoms with van der Waals surface area (Å²) in [7, 11) is 0. The number of benzene rings is 1. The smallest absolute Gasteiger partial charge is 0.163 e. The van der Waals surface area contributed by atoms with E-state index in [1.807, 2.05) is 13.8 Å². The molecule has 0 amide bonds. The average Bonchev–Trinajstić information content (AvgIpc) is 2.33. The molecule has 2 rings (SSSR count). The minimum absolute atomic E-state index is 0.0883. The van der Waals surface area contributed by atoms with E-state index in [0.717, 1.165) is 5.56 Å². The third kappa shape index (κ3) is 3.01. The predicted molar refractivity (Wildman–Crippen MR) is 70.1 cm³/mol. The summed E-state index contributed by atoms with van der Waals surface area (Å²) in [5.41, 5.74) is 7.16. The molecule has 94 valence electrons. The number of thioether (sulfide) groups is 1. The molecule has 1 saturated heterocycles. The van der Waals surface area contributed by atoms with Crippen LogP contribution < -0.4 is 5.73 Å². The van der Waals surface area contributed by atoms with Crippen molar-refractivity contribution in [2.24, 2.45) is 5.73 Å². The fourth-order valence-corrected chi connectivity index (χ4v) is 2.33. The van der Waals surface area contributed by atoms with E-state index < -0.39 is 5.79 Å². The van der Waals surface area contributed by atoms with Crippen molar-refractivity contribution < 1.29 is 9.47 Å². The Hall–Kier alpha value is -0.550. The number of hydrogen-bond donors (Lipinski definition) is 1. The van der Waals surface area contributed by atoms with E-state index in [2.05, 4.69) is 30.5 Å². The quantitative estimate of drug-likeness (QED) is 0.823. The van der Waals surface area contributed by atoms with E-state index in [1.165, 1.54) is 4.90 Å². The van der Waals surface area contributed by atoms with Crippen molar-refractivity contribution >= 4 is 11.8 Å². The van der Waals surface area contributed by atoms with Gasteiger partial charge < -0.3 is 15.2 Å². The van der Waals surface area contributed by atoms with Crippen molar-refractivity contribution in [2.45, 2.75) is 36.7 Å². The van der Waals surface area contributed by atoms with Gasteiger partial charge in [0.25, 0.3) is 0 Å². The van der Waals surface area contributed by atoms with Crippen LogP contribution in [-0.2, 0) is 9.47 Å². The molecule has 0 radical (unpaired) electrons. The maximum atomic E-state index is 6.05. The molecule has 17 heavy (non-hydrogen) atoms. The second kappa shape index (κ2) is 4.98. The molecular formula is C13H19NO2S. The molecule has 0 unspecified atom stereocenters. The summed E-state index contributed by atoms with van der Waals surface area (Å²) in [6.07, 6.45) is 1.98. The molecule has 3 nitrogen and oxygen atoms in total. The monoisotopic (exact) mass is 253 g/mol. The molecule has 0 aliphatic carbocycles. The third-order valence-corrected chi connectivity index (χ3v) is 3.61. The van der Waals surface area contributed by atoms with E-state index in [0.29, 0.717) is 6.61 Å². The largest absolute Gasteiger partial charge is 0.349 e. The van der Waals surface area contributed by atoms with Gasteiger partial charge in [0.05, 0.1) is 12.6 Å². The number of nitrogens with two attached hydrogens (primary N) is 1. The van der Waals surface area contributed by atoms with Crippen LogP contribution in [-0.4, -0.2) is 24.7 Å². The van der Waals surface area contributed by atoms with Gasteiger partial charge in [-0.25, -0.2) is 0 Å². The number of ether oxygens (including phenoxy) is 2. The van der Waals surface area contributed by atoms with E-state index in [4.69, 9.17) is 15.2 Å². The van der Waals surface area contributed by atoms with Gasteiger partial charge in [-0.3, -0.25) is 0 Å². The zero-order valence-electron chi connectivity index (χ0n) is 10.5. The Morgan fingerprint density at radius 2 is 1.94 bits per heavy atom. The maximum Gasteiger partial charge on any atom is 0.163 e. The molecule has 1 heterocycles. The van der Waals surface area contributed by atoms with Gasteiger partial charge in [-0.1, -0.05) is 12.1 Å². The first kappa shape index (κ1) is 12.9. The Morgan fingerprint density at radius 3 is 2.53 bits per heavy atom. The first-order chi connectivity index (χ1) is 8.02. The molecule has 1 aromatic carbocycles. The van der Waals surface area contributed by atoms with Gasteiger partial charge in [0.2, 0.25) is 0 Å². The molecule has 1 aromatic rings. The SMILES string of the molecule is CSc1ccc([C@@H]2OC(C)(C)OC[C@@H]2N)cc1. The first-order valence-electron chi connectivity index (χ1n) is 5.73. The molecule has 1 fully saturated rings. The second-order valence-corrected chi connectivity index (χ2v) is 5.57. The Morgan fingerprint density at radius 1 is 1.29 bits per heavy atom. The van der Waals surface area contributed by atoms with Gasteiger partial charge in [0.15, 0.2) is 5.79 Å². The van der Waals surface area contributed by atoms with E-state index >= 15 is 0 Å². The molecule has 2 atom stereocenters. The number of rotatable bonds is 2. The lowest BCUT2D eigenvalue weighted by molar-refractivity contribution is -0.281. The second-order valence-electron chi connectivity index (χ2n) is 4.69. The highest BCUT2D eigenvalue weighted by Gasteiger charge is 2.35. The van der Waals surface area contributed by atoms with Crippen LogP contribution in [0.3, 0.4) is 0 Å². The van der Waals surface area contributed by atoms with Crippen molar-refractivity contribution in [1.82, 2.24) is 0 Å². The van der Waals surface area contributed by atoms with Crippen LogP contribution in [0.2, 0.25) is 0 Å². The van der Waals surface area contributed by atoms with Gasteiger partial charge in [0, 0.05) is 4.90 Å². The minimum atomic E-state index is -0.557. The molecule has 4 heteroatoms. The molecule has 0 aromatic heterocycles. The Kier molecular flexibility index (Phi) is 3.78. The topological polar surface area (TPSA) is 44.5 Å². The molecule has 0 saturated carbocycles. The van der Waals surface area contributed by atoms with Crippen LogP contribution in [0.5, 0.6) is 0 Å². The van der Waals surface area contributed by atoms with Crippen molar-refractivity contribution in [2.75, 3.05) is 12.9 Å². The highest BCUT2D eigenvalue weighted by Crippen LogP contribution is 2.32. The normalized spacial score (nSPS) is 28.0. The van der Waals surface area contributed by atoms with Crippen LogP contribution in [0.4, 0.5) is 0 Å². The summed E-state index contributed by atoms with van der Waals surface area (Å²) in [4.78, 5) is 1.24. The van der Waals surface area contributed by atoms with Crippen LogP contribution in [0, 0.1) is 0 Å². The fourth-order valence-electron chi connectivity index (χ4n) is 1.92. The molecule has 1 aliphatic rings. The van der Waals surface area contributed by atoms with Crippen molar-refractivity contribution in [1.29, 1.82) is 0 Å². The van der Waals surface area contributed by atoms with Gasteiger partial charge >= 0.3 is 0 Å². The van der Waals surface area contributed by atoms with Crippen molar-refractivity contribution in [3.63, 3.8) is 0 Å². The van der Waals surface area contributed by atoms with E-state index in [9.17, 15) is 0 Å².